The quantitative estimate of drug-likeness (QED) is 0.846. The summed E-state index contributed by atoms with van der Waals surface area (Å²) in [5.41, 5.74) is 6.95. The lowest BCUT2D eigenvalue weighted by Crippen LogP contribution is -2.54. The minimum atomic E-state index is 0.226. The number of rotatable bonds is 3. The summed E-state index contributed by atoms with van der Waals surface area (Å²) in [6.45, 7) is 8.26. The lowest BCUT2D eigenvalue weighted by Gasteiger charge is -2.41. The molecule has 3 N–H and O–H groups in total. The van der Waals surface area contributed by atoms with Crippen LogP contribution in [-0.4, -0.2) is 48.3 Å². The lowest BCUT2D eigenvalue weighted by molar-refractivity contribution is 0.219. The van der Waals surface area contributed by atoms with Crippen molar-refractivity contribution in [1.82, 2.24) is 4.90 Å². The van der Waals surface area contributed by atoms with Gasteiger partial charge in [0.2, 0.25) is 0 Å². The molecule has 0 spiro atoms. The van der Waals surface area contributed by atoms with Crippen LogP contribution in [0.4, 0.5) is 5.69 Å². The molecular formula is C14H23N3O. The first kappa shape index (κ1) is 13.2. The summed E-state index contributed by atoms with van der Waals surface area (Å²) in [5.74, 6) is 0.331. The van der Waals surface area contributed by atoms with Crippen LogP contribution in [0.1, 0.15) is 13.8 Å². The second-order valence-corrected chi connectivity index (χ2v) is 5.30. The van der Waals surface area contributed by atoms with Gasteiger partial charge in [0.25, 0.3) is 0 Å². The molecule has 1 aliphatic heterocycles. The molecule has 1 aromatic rings. The van der Waals surface area contributed by atoms with Gasteiger partial charge in [-0.2, -0.15) is 0 Å². The molecule has 1 aliphatic rings. The monoisotopic (exact) mass is 249 g/mol. The van der Waals surface area contributed by atoms with Crippen LogP contribution in [0.25, 0.3) is 0 Å². The summed E-state index contributed by atoms with van der Waals surface area (Å²) in [6.07, 6.45) is 0. The highest BCUT2D eigenvalue weighted by atomic mass is 16.3. The van der Waals surface area contributed by atoms with Gasteiger partial charge in [0.15, 0.2) is 0 Å². The topological polar surface area (TPSA) is 52.7 Å². The summed E-state index contributed by atoms with van der Waals surface area (Å²) in [5, 5.41) is 9.55. The molecule has 2 rings (SSSR count). The summed E-state index contributed by atoms with van der Waals surface area (Å²) in [4.78, 5) is 4.76. The normalized spacial score (nSPS) is 23.1. The van der Waals surface area contributed by atoms with Crippen molar-refractivity contribution in [2.24, 2.45) is 5.73 Å². The number of phenols is 1. The van der Waals surface area contributed by atoms with Crippen molar-refractivity contribution in [3.05, 3.63) is 24.3 Å². The third-order valence-corrected chi connectivity index (χ3v) is 3.42. The van der Waals surface area contributed by atoms with Crippen molar-refractivity contribution in [3.63, 3.8) is 0 Å². The number of nitrogens with two attached hydrogens (primary N) is 1. The van der Waals surface area contributed by atoms with E-state index >= 15 is 0 Å². The van der Waals surface area contributed by atoms with Crippen LogP contribution < -0.4 is 10.6 Å². The fourth-order valence-corrected chi connectivity index (χ4v) is 2.66. The van der Waals surface area contributed by atoms with Crippen LogP contribution in [0.5, 0.6) is 5.75 Å². The number of nitrogens with zero attached hydrogens (tertiary/aromatic N) is 2. The zero-order valence-corrected chi connectivity index (χ0v) is 11.2. The number of hydrogen-bond donors (Lipinski definition) is 2. The molecule has 0 aromatic heterocycles. The van der Waals surface area contributed by atoms with Crippen molar-refractivity contribution in [2.75, 3.05) is 31.1 Å². The molecule has 2 atom stereocenters. The lowest BCUT2D eigenvalue weighted by atomic mass is 10.1. The molecular weight excluding hydrogens is 226 g/mol. The van der Waals surface area contributed by atoms with E-state index in [4.69, 9.17) is 5.73 Å². The van der Waals surface area contributed by atoms with Gasteiger partial charge in [-0.1, -0.05) is 6.07 Å². The first-order chi connectivity index (χ1) is 8.56. The summed E-state index contributed by atoms with van der Waals surface area (Å²) >= 11 is 0. The highest BCUT2D eigenvalue weighted by Crippen LogP contribution is 2.24. The molecule has 1 fully saturated rings. The number of phenolic OH excluding ortho intramolecular Hbond substituents is 1. The van der Waals surface area contributed by atoms with Gasteiger partial charge in [0.05, 0.1) is 0 Å². The minimum absolute atomic E-state index is 0.226. The molecule has 2 unspecified atom stereocenters. The Bertz CT molecular complexity index is 394. The van der Waals surface area contributed by atoms with E-state index in [1.54, 1.807) is 6.07 Å². The maximum absolute atomic E-state index is 9.55. The largest absolute Gasteiger partial charge is 0.508 e. The smallest absolute Gasteiger partial charge is 0.117 e. The van der Waals surface area contributed by atoms with Gasteiger partial charge in [-0.25, -0.2) is 0 Å². The Hall–Kier alpha value is -1.26. The number of benzene rings is 1. The fraction of sp³-hybridized carbons (Fsp3) is 0.571. The third kappa shape index (κ3) is 3.15. The molecule has 1 aromatic carbocycles. The van der Waals surface area contributed by atoms with Gasteiger partial charge in [-0.3, -0.25) is 4.90 Å². The van der Waals surface area contributed by atoms with E-state index in [1.165, 1.54) is 0 Å². The molecule has 4 heteroatoms. The van der Waals surface area contributed by atoms with Gasteiger partial charge < -0.3 is 15.7 Å². The van der Waals surface area contributed by atoms with E-state index < -0.39 is 0 Å². The van der Waals surface area contributed by atoms with Gasteiger partial charge in [0.1, 0.15) is 5.75 Å². The van der Waals surface area contributed by atoms with Crippen LogP contribution in [0.15, 0.2) is 24.3 Å². The van der Waals surface area contributed by atoms with Crippen LogP contribution in [0, 0.1) is 0 Å². The second kappa shape index (κ2) is 5.59. The maximum Gasteiger partial charge on any atom is 0.117 e. The Morgan fingerprint density at radius 1 is 1.44 bits per heavy atom. The molecule has 0 amide bonds. The van der Waals surface area contributed by atoms with E-state index in [-0.39, 0.29) is 6.04 Å². The standard InChI is InChI=1S/C14H23N3O/c1-11(15)9-16-6-7-17(12(2)10-16)13-4-3-5-14(18)8-13/h3-5,8,11-12,18H,6-7,9-10,15H2,1-2H3. The molecule has 18 heavy (non-hydrogen) atoms. The Kier molecular flexibility index (Phi) is 4.09. The number of anilines is 1. The van der Waals surface area contributed by atoms with Crippen molar-refractivity contribution < 1.29 is 5.11 Å². The number of piperazine rings is 1. The SMILES string of the molecule is CC(N)CN1CCN(c2cccc(O)c2)C(C)C1. The highest BCUT2D eigenvalue weighted by Gasteiger charge is 2.24. The summed E-state index contributed by atoms with van der Waals surface area (Å²) in [7, 11) is 0. The zero-order valence-electron chi connectivity index (χ0n) is 11.2. The predicted octanol–water partition coefficient (Wildman–Crippen LogP) is 1.25. The molecule has 4 nitrogen and oxygen atoms in total. The van der Waals surface area contributed by atoms with Gasteiger partial charge >= 0.3 is 0 Å². The molecule has 1 heterocycles. The van der Waals surface area contributed by atoms with Crippen LogP contribution in [0.2, 0.25) is 0 Å². The maximum atomic E-state index is 9.55. The van der Waals surface area contributed by atoms with Crippen molar-refractivity contribution >= 4 is 5.69 Å². The van der Waals surface area contributed by atoms with E-state index in [1.807, 2.05) is 19.1 Å². The Labute approximate surface area is 109 Å². The van der Waals surface area contributed by atoms with Crippen molar-refractivity contribution in [3.8, 4) is 5.75 Å². The summed E-state index contributed by atoms with van der Waals surface area (Å²) < 4.78 is 0. The third-order valence-electron chi connectivity index (χ3n) is 3.42. The predicted molar refractivity (Wildman–Crippen MR) is 75.0 cm³/mol. The van der Waals surface area contributed by atoms with Gasteiger partial charge in [0, 0.05) is 50.0 Å². The van der Waals surface area contributed by atoms with E-state index in [0.29, 0.717) is 11.8 Å². The van der Waals surface area contributed by atoms with Gasteiger partial charge in [-0.15, -0.1) is 0 Å². The molecule has 0 saturated carbocycles. The highest BCUT2D eigenvalue weighted by molar-refractivity contribution is 5.51. The minimum Gasteiger partial charge on any atom is -0.508 e. The van der Waals surface area contributed by atoms with Crippen LogP contribution in [-0.2, 0) is 0 Å². The number of hydrogen-bond acceptors (Lipinski definition) is 4. The first-order valence-corrected chi connectivity index (χ1v) is 6.60. The van der Waals surface area contributed by atoms with Gasteiger partial charge in [-0.05, 0) is 26.0 Å². The Morgan fingerprint density at radius 2 is 2.22 bits per heavy atom. The Morgan fingerprint density at radius 3 is 2.83 bits per heavy atom. The average Bonchev–Trinajstić information content (AvgIpc) is 2.28. The summed E-state index contributed by atoms with van der Waals surface area (Å²) in [6, 6.07) is 8.16. The molecule has 0 aliphatic carbocycles. The second-order valence-electron chi connectivity index (χ2n) is 5.30. The van der Waals surface area contributed by atoms with Crippen LogP contribution >= 0.6 is 0 Å². The first-order valence-electron chi connectivity index (χ1n) is 6.60. The molecule has 1 saturated heterocycles. The van der Waals surface area contributed by atoms with Crippen LogP contribution in [0.3, 0.4) is 0 Å². The molecule has 100 valence electrons. The van der Waals surface area contributed by atoms with Crippen molar-refractivity contribution in [2.45, 2.75) is 25.9 Å². The zero-order chi connectivity index (χ0) is 13.1. The average molecular weight is 249 g/mol. The Balaban J connectivity index is 2.01. The van der Waals surface area contributed by atoms with E-state index in [0.717, 1.165) is 31.9 Å². The van der Waals surface area contributed by atoms with E-state index in [9.17, 15) is 5.11 Å². The molecule has 0 radical (unpaired) electrons. The molecule has 0 bridgehead atoms. The van der Waals surface area contributed by atoms with Crippen molar-refractivity contribution in [1.29, 1.82) is 0 Å². The van der Waals surface area contributed by atoms with E-state index in [2.05, 4.69) is 22.8 Å². The number of aromatic hydroxyl groups is 1. The fourth-order valence-electron chi connectivity index (χ4n) is 2.66.